The fourth-order valence-electron chi connectivity index (χ4n) is 1.60. The number of hydrogen-bond donors (Lipinski definition) is 0. The van der Waals surface area contributed by atoms with Crippen LogP contribution in [-0.4, -0.2) is 66.6 Å². The maximum atomic E-state index is 5.50. The molecule has 0 aromatic rings. The number of hydrogen-bond acceptors (Lipinski definition) is 5. The average molecular weight is 305 g/mol. The molecular formula is C16H33O5. The summed E-state index contributed by atoms with van der Waals surface area (Å²) in [5, 5.41) is 0. The molecular weight excluding hydrogens is 272 g/mol. The number of ether oxygens (including phenoxy) is 5. The topological polar surface area (TPSA) is 46.2 Å². The second-order valence-electron chi connectivity index (χ2n) is 4.71. The molecule has 0 aromatic heterocycles. The lowest BCUT2D eigenvalue weighted by molar-refractivity contribution is 0.0517. The van der Waals surface area contributed by atoms with Gasteiger partial charge in [0.1, 0.15) is 0 Å². The van der Waals surface area contributed by atoms with Crippen LogP contribution in [0, 0.1) is 6.92 Å². The maximum absolute atomic E-state index is 5.50. The van der Waals surface area contributed by atoms with Gasteiger partial charge in [-0.1, -0.05) is 6.92 Å². The van der Waals surface area contributed by atoms with E-state index in [2.05, 4.69) is 6.92 Å². The summed E-state index contributed by atoms with van der Waals surface area (Å²) in [6.45, 7) is 10.5. The lowest BCUT2D eigenvalue weighted by Crippen LogP contribution is -2.07. The molecule has 0 aliphatic carbocycles. The molecule has 0 aliphatic rings. The SMILES string of the molecule is [CH2]CCOCCCOCCCOCCCOCCCOC. The Bertz CT molecular complexity index is 160. The molecule has 0 saturated carbocycles. The lowest BCUT2D eigenvalue weighted by Gasteiger charge is -2.07. The molecule has 5 heteroatoms. The summed E-state index contributed by atoms with van der Waals surface area (Å²) in [6.07, 6.45) is 4.61. The van der Waals surface area contributed by atoms with E-state index in [1.54, 1.807) is 7.11 Å². The first kappa shape index (κ1) is 20.8. The average Bonchev–Trinajstić information content (AvgIpc) is 2.50. The molecule has 0 rings (SSSR count). The predicted molar refractivity (Wildman–Crippen MR) is 83.6 cm³/mol. The standard InChI is InChI=1S/C16H33O5/c1-3-8-18-11-5-12-20-15-7-16-21-14-6-13-19-10-4-9-17-2/h1,3-16H2,2H3. The third-order valence-corrected chi connectivity index (χ3v) is 2.66. The molecule has 0 saturated heterocycles. The van der Waals surface area contributed by atoms with Crippen molar-refractivity contribution in [3.05, 3.63) is 6.92 Å². The maximum Gasteiger partial charge on any atom is 0.0488 e. The molecule has 0 heterocycles. The Balaban J connectivity index is 2.90. The molecule has 0 amide bonds. The van der Waals surface area contributed by atoms with Gasteiger partial charge in [0.05, 0.1) is 0 Å². The van der Waals surface area contributed by atoms with Crippen molar-refractivity contribution in [2.45, 2.75) is 32.1 Å². The normalized spacial score (nSPS) is 11.1. The first-order valence-corrected chi connectivity index (χ1v) is 8.01. The highest BCUT2D eigenvalue weighted by Crippen LogP contribution is 1.92. The Morgan fingerprint density at radius 3 is 1.19 bits per heavy atom. The highest BCUT2D eigenvalue weighted by molar-refractivity contribution is 4.41. The zero-order chi connectivity index (χ0) is 15.4. The molecule has 0 unspecified atom stereocenters. The molecule has 0 bridgehead atoms. The predicted octanol–water partition coefficient (Wildman–Crippen LogP) is 2.48. The summed E-state index contributed by atoms with van der Waals surface area (Å²) in [6, 6.07) is 0. The van der Waals surface area contributed by atoms with E-state index in [1.165, 1.54) is 0 Å². The fourth-order valence-corrected chi connectivity index (χ4v) is 1.60. The van der Waals surface area contributed by atoms with Crippen LogP contribution in [0.2, 0.25) is 0 Å². The molecule has 0 atom stereocenters. The van der Waals surface area contributed by atoms with E-state index >= 15 is 0 Å². The van der Waals surface area contributed by atoms with Crippen LogP contribution in [0.4, 0.5) is 0 Å². The van der Waals surface area contributed by atoms with Gasteiger partial charge >= 0.3 is 0 Å². The molecule has 1 radical (unpaired) electrons. The van der Waals surface area contributed by atoms with E-state index in [0.717, 1.165) is 91.6 Å². The number of rotatable bonds is 18. The summed E-state index contributed by atoms with van der Waals surface area (Å²) in [7, 11) is 1.70. The van der Waals surface area contributed by atoms with Gasteiger partial charge < -0.3 is 23.7 Å². The Hall–Kier alpha value is -0.200. The van der Waals surface area contributed by atoms with E-state index in [0.29, 0.717) is 0 Å². The molecule has 0 fully saturated rings. The Morgan fingerprint density at radius 1 is 0.524 bits per heavy atom. The van der Waals surface area contributed by atoms with Crippen molar-refractivity contribution in [3.63, 3.8) is 0 Å². The fraction of sp³-hybridized carbons (Fsp3) is 0.938. The summed E-state index contributed by atoms with van der Waals surface area (Å²) in [4.78, 5) is 0. The third kappa shape index (κ3) is 19.8. The first-order chi connectivity index (χ1) is 10.4. The zero-order valence-electron chi connectivity index (χ0n) is 13.6. The lowest BCUT2D eigenvalue weighted by atomic mass is 10.4. The largest absolute Gasteiger partial charge is 0.385 e. The van der Waals surface area contributed by atoms with Gasteiger partial charge in [-0.25, -0.2) is 0 Å². The van der Waals surface area contributed by atoms with Gasteiger partial charge in [0.15, 0.2) is 0 Å². The molecule has 0 aliphatic heterocycles. The Kier molecular flexibility index (Phi) is 19.6. The second kappa shape index (κ2) is 19.8. The van der Waals surface area contributed by atoms with Crippen molar-refractivity contribution in [1.29, 1.82) is 0 Å². The Morgan fingerprint density at radius 2 is 0.857 bits per heavy atom. The van der Waals surface area contributed by atoms with Gasteiger partial charge in [-0.2, -0.15) is 0 Å². The highest BCUT2D eigenvalue weighted by Gasteiger charge is 1.93. The quantitative estimate of drug-likeness (QED) is 0.364. The van der Waals surface area contributed by atoms with Crippen molar-refractivity contribution < 1.29 is 23.7 Å². The van der Waals surface area contributed by atoms with Gasteiger partial charge in [-0.05, 0) is 32.1 Å². The van der Waals surface area contributed by atoms with Crippen molar-refractivity contribution in [3.8, 4) is 0 Å². The molecule has 21 heavy (non-hydrogen) atoms. The minimum absolute atomic E-state index is 0.740. The first-order valence-electron chi connectivity index (χ1n) is 8.01. The van der Waals surface area contributed by atoms with Crippen LogP contribution in [0.1, 0.15) is 32.1 Å². The van der Waals surface area contributed by atoms with Crippen LogP contribution in [0.25, 0.3) is 0 Å². The van der Waals surface area contributed by atoms with Crippen LogP contribution >= 0.6 is 0 Å². The molecule has 127 valence electrons. The van der Waals surface area contributed by atoms with Crippen molar-refractivity contribution in [1.82, 2.24) is 0 Å². The minimum Gasteiger partial charge on any atom is -0.385 e. The molecule has 0 aromatic carbocycles. The van der Waals surface area contributed by atoms with Crippen LogP contribution in [0.3, 0.4) is 0 Å². The van der Waals surface area contributed by atoms with Gasteiger partial charge in [0, 0.05) is 66.6 Å². The second-order valence-corrected chi connectivity index (χ2v) is 4.71. The van der Waals surface area contributed by atoms with E-state index in [-0.39, 0.29) is 0 Å². The van der Waals surface area contributed by atoms with Gasteiger partial charge in [-0.3, -0.25) is 0 Å². The number of methoxy groups -OCH3 is 1. The van der Waals surface area contributed by atoms with Crippen molar-refractivity contribution in [2.24, 2.45) is 0 Å². The van der Waals surface area contributed by atoms with Gasteiger partial charge in [0.2, 0.25) is 0 Å². The van der Waals surface area contributed by atoms with E-state index < -0.39 is 0 Å². The summed E-state index contributed by atoms with van der Waals surface area (Å²) < 4.78 is 26.7. The third-order valence-electron chi connectivity index (χ3n) is 2.66. The monoisotopic (exact) mass is 305 g/mol. The summed E-state index contributed by atoms with van der Waals surface area (Å²) in [5.41, 5.74) is 0. The molecule has 5 nitrogen and oxygen atoms in total. The van der Waals surface area contributed by atoms with Crippen LogP contribution in [0.15, 0.2) is 0 Å². The van der Waals surface area contributed by atoms with Crippen LogP contribution in [-0.2, 0) is 23.7 Å². The Labute approximate surface area is 130 Å². The zero-order valence-corrected chi connectivity index (χ0v) is 13.6. The summed E-state index contributed by atoms with van der Waals surface area (Å²) in [5.74, 6) is 0. The van der Waals surface area contributed by atoms with E-state index in [4.69, 9.17) is 23.7 Å². The summed E-state index contributed by atoms with van der Waals surface area (Å²) >= 11 is 0. The van der Waals surface area contributed by atoms with Gasteiger partial charge in [-0.15, -0.1) is 0 Å². The highest BCUT2D eigenvalue weighted by atomic mass is 16.5. The van der Waals surface area contributed by atoms with E-state index in [1.807, 2.05) is 0 Å². The van der Waals surface area contributed by atoms with Gasteiger partial charge in [0.25, 0.3) is 0 Å². The molecule has 0 N–H and O–H groups in total. The minimum atomic E-state index is 0.740. The van der Waals surface area contributed by atoms with Crippen LogP contribution in [0.5, 0.6) is 0 Å². The van der Waals surface area contributed by atoms with E-state index in [9.17, 15) is 0 Å². The van der Waals surface area contributed by atoms with Crippen molar-refractivity contribution in [2.75, 3.05) is 66.6 Å². The van der Waals surface area contributed by atoms with Crippen molar-refractivity contribution >= 4 is 0 Å². The van der Waals surface area contributed by atoms with Crippen LogP contribution < -0.4 is 0 Å². The molecule has 0 spiro atoms. The smallest absolute Gasteiger partial charge is 0.0488 e.